The van der Waals surface area contributed by atoms with Gasteiger partial charge in [0.1, 0.15) is 0 Å². The second kappa shape index (κ2) is 7.62. The van der Waals surface area contributed by atoms with E-state index in [1.807, 2.05) is 20.8 Å². The van der Waals surface area contributed by atoms with Crippen LogP contribution in [0.4, 0.5) is 4.79 Å². The van der Waals surface area contributed by atoms with Crippen LogP contribution >= 0.6 is 0 Å². The van der Waals surface area contributed by atoms with E-state index in [1.54, 1.807) is 0 Å². The highest BCUT2D eigenvalue weighted by atomic mass is 16.2. The number of nitrogens with one attached hydrogen (secondary N) is 3. The lowest BCUT2D eigenvalue weighted by molar-refractivity contribution is -0.122. The maximum Gasteiger partial charge on any atom is 0.321 e. The van der Waals surface area contributed by atoms with E-state index in [0.717, 1.165) is 6.42 Å². The van der Waals surface area contributed by atoms with Crippen molar-refractivity contribution in [3.05, 3.63) is 0 Å². The molecule has 0 saturated heterocycles. The summed E-state index contributed by atoms with van der Waals surface area (Å²) < 4.78 is 0. The molecule has 5 nitrogen and oxygen atoms in total. The molecule has 116 valence electrons. The second-order valence-corrected chi connectivity index (χ2v) is 6.38. The van der Waals surface area contributed by atoms with Gasteiger partial charge in [0.05, 0.1) is 6.04 Å². The van der Waals surface area contributed by atoms with E-state index in [-0.39, 0.29) is 18.0 Å². The number of carbonyl (C=O) groups is 2. The average molecular weight is 283 g/mol. The Morgan fingerprint density at radius 2 is 1.75 bits per heavy atom. The second-order valence-electron chi connectivity index (χ2n) is 6.38. The summed E-state index contributed by atoms with van der Waals surface area (Å²) >= 11 is 0. The van der Waals surface area contributed by atoms with E-state index in [0.29, 0.717) is 17.9 Å². The first-order chi connectivity index (χ1) is 9.31. The Kier molecular flexibility index (Phi) is 6.46. The summed E-state index contributed by atoms with van der Waals surface area (Å²) in [6.07, 6.45) is 3.56. The number of hydrogen-bond acceptors (Lipinski definition) is 3. The van der Waals surface area contributed by atoms with Gasteiger partial charge in [0, 0.05) is 12.1 Å². The Morgan fingerprint density at radius 1 is 1.10 bits per heavy atom. The number of amides is 3. The molecule has 3 amide bonds. The summed E-state index contributed by atoms with van der Waals surface area (Å²) in [5, 5.41) is 8.39. The molecular formula is C15H29N3O2. The molecule has 1 rings (SSSR count). The summed E-state index contributed by atoms with van der Waals surface area (Å²) in [7, 11) is 0. The van der Waals surface area contributed by atoms with Gasteiger partial charge in [-0.15, -0.1) is 0 Å². The quantitative estimate of drug-likeness (QED) is 0.739. The van der Waals surface area contributed by atoms with Crippen LogP contribution in [0.25, 0.3) is 0 Å². The zero-order chi connectivity index (χ0) is 15.3. The van der Waals surface area contributed by atoms with Crippen molar-refractivity contribution in [3.63, 3.8) is 0 Å². The molecule has 0 aromatic heterocycles. The minimum Gasteiger partial charge on any atom is -0.336 e. The van der Waals surface area contributed by atoms with Gasteiger partial charge in [-0.2, -0.15) is 0 Å². The van der Waals surface area contributed by atoms with Crippen LogP contribution in [0.5, 0.6) is 0 Å². The molecule has 0 aromatic rings. The molecule has 4 unspecified atom stereocenters. The Bertz CT molecular complexity index is 344. The smallest absolute Gasteiger partial charge is 0.321 e. The van der Waals surface area contributed by atoms with Gasteiger partial charge in [-0.25, -0.2) is 4.79 Å². The Labute approximate surface area is 122 Å². The highest BCUT2D eigenvalue weighted by Gasteiger charge is 2.29. The van der Waals surface area contributed by atoms with Crippen LogP contribution in [0, 0.1) is 11.8 Å². The van der Waals surface area contributed by atoms with E-state index in [2.05, 4.69) is 29.8 Å². The first-order valence-corrected chi connectivity index (χ1v) is 7.68. The fraction of sp³-hybridized carbons (Fsp3) is 0.867. The predicted molar refractivity (Wildman–Crippen MR) is 80.4 cm³/mol. The third kappa shape index (κ3) is 5.12. The van der Waals surface area contributed by atoms with Crippen LogP contribution in [0.2, 0.25) is 0 Å². The third-order valence-corrected chi connectivity index (χ3v) is 4.22. The van der Waals surface area contributed by atoms with E-state index >= 15 is 0 Å². The maximum atomic E-state index is 12.0. The molecule has 1 fully saturated rings. The van der Waals surface area contributed by atoms with Crippen LogP contribution < -0.4 is 16.0 Å². The van der Waals surface area contributed by atoms with Crippen molar-refractivity contribution in [2.24, 2.45) is 11.8 Å². The fourth-order valence-electron chi connectivity index (χ4n) is 2.73. The molecule has 0 aliphatic heterocycles. The lowest BCUT2D eigenvalue weighted by atomic mass is 9.78. The van der Waals surface area contributed by atoms with Gasteiger partial charge >= 0.3 is 6.03 Å². The number of imide groups is 1. The van der Waals surface area contributed by atoms with Gasteiger partial charge in [-0.05, 0) is 39.0 Å². The topological polar surface area (TPSA) is 70.2 Å². The highest BCUT2D eigenvalue weighted by Crippen LogP contribution is 2.29. The van der Waals surface area contributed by atoms with Crippen molar-refractivity contribution in [3.8, 4) is 0 Å². The van der Waals surface area contributed by atoms with Crippen molar-refractivity contribution in [1.82, 2.24) is 16.0 Å². The molecule has 5 heteroatoms. The molecule has 0 aromatic carbocycles. The van der Waals surface area contributed by atoms with Gasteiger partial charge in [0.2, 0.25) is 5.91 Å². The predicted octanol–water partition coefficient (Wildman–Crippen LogP) is 2.02. The van der Waals surface area contributed by atoms with Crippen LogP contribution in [-0.2, 0) is 4.79 Å². The molecule has 0 radical (unpaired) electrons. The molecule has 20 heavy (non-hydrogen) atoms. The summed E-state index contributed by atoms with van der Waals surface area (Å²) in [4.78, 5) is 23.5. The monoisotopic (exact) mass is 283 g/mol. The first kappa shape index (κ1) is 17.0. The highest BCUT2D eigenvalue weighted by molar-refractivity contribution is 5.96. The van der Waals surface area contributed by atoms with Gasteiger partial charge in [-0.1, -0.05) is 26.7 Å². The standard InChI is InChI=1S/C15H29N3O2/c1-9(2)16-15(20)18-14(19)12(5)17-13-8-6-7-10(3)11(13)4/h9-13,17H,6-8H2,1-5H3,(H2,16,18,19,20). The van der Waals surface area contributed by atoms with E-state index in [4.69, 9.17) is 0 Å². The van der Waals surface area contributed by atoms with Crippen LogP contribution in [0.3, 0.4) is 0 Å². The number of hydrogen-bond donors (Lipinski definition) is 3. The zero-order valence-electron chi connectivity index (χ0n) is 13.3. The van der Waals surface area contributed by atoms with Gasteiger partial charge in [0.15, 0.2) is 0 Å². The fourth-order valence-corrected chi connectivity index (χ4v) is 2.73. The normalized spacial score (nSPS) is 28.0. The lowest BCUT2D eigenvalue weighted by Gasteiger charge is -2.36. The van der Waals surface area contributed by atoms with Crippen molar-refractivity contribution in [2.75, 3.05) is 0 Å². The van der Waals surface area contributed by atoms with E-state index in [1.165, 1.54) is 12.8 Å². The van der Waals surface area contributed by atoms with Gasteiger partial charge in [0.25, 0.3) is 0 Å². The number of carbonyl (C=O) groups excluding carboxylic acids is 2. The van der Waals surface area contributed by atoms with E-state index in [9.17, 15) is 9.59 Å². The molecule has 4 atom stereocenters. The summed E-state index contributed by atoms with van der Waals surface area (Å²) in [5.74, 6) is 0.970. The van der Waals surface area contributed by atoms with Crippen LogP contribution in [-0.4, -0.2) is 30.1 Å². The van der Waals surface area contributed by atoms with Crippen molar-refractivity contribution < 1.29 is 9.59 Å². The molecule has 0 bridgehead atoms. The molecule has 0 heterocycles. The zero-order valence-corrected chi connectivity index (χ0v) is 13.3. The van der Waals surface area contributed by atoms with Gasteiger partial charge in [-0.3, -0.25) is 10.1 Å². The van der Waals surface area contributed by atoms with E-state index < -0.39 is 6.03 Å². The minimum atomic E-state index is -0.427. The summed E-state index contributed by atoms with van der Waals surface area (Å²) in [5.41, 5.74) is 0. The van der Waals surface area contributed by atoms with Gasteiger partial charge < -0.3 is 10.6 Å². The molecule has 3 N–H and O–H groups in total. The molecular weight excluding hydrogens is 254 g/mol. The Balaban J connectivity index is 2.43. The molecule has 0 spiro atoms. The SMILES string of the molecule is CC(C)NC(=O)NC(=O)C(C)NC1CCCC(C)C1C. The Hall–Kier alpha value is -1.10. The average Bonchev–Trinajstić information content (AvgIpc) is 2.33. The van der Waals surface area contributed by atoms with Crippen molar-refractivity contribution >= 4 is 11.9 Å². The first-order valence-electron chi connectivity index (χ1n) is 7.68. The number of urea groups is 1. The van der Waals surface area contributed by atoms with Crippen molar-refractivity contribution in [2.45, 2.75) is 72.0 Å². The summed E-state index contributed by atoms with van der Waals surface area (Å²) in [6.45, 7) is 10.0. The Morgan fingerprint density at radius 3 is 2.35 bits per heavy atom. The summed E-state index contributed by atoms with van der Waals surface area (Å²) in [6, 6.07) is -0.410. The minimum absolute atomic E-state index is 0.0188. The third-order valence-electron chi connectivity index (χ3n) is 4.22. The maximum absolute atomic E-state index is 12.0. The van der Waals surface area contributed by atoms with Crippen LogP contribution in [0.1, 0.15) is 53.9 Å². The molecule has 1 aliphatic carbocycles. The van der Waals surface area contributed by atoms with Crippen LogP contribution in [0.15, 0.2) is 0 Å². The number of rotatable bonds is 4. The van der Waals surface area contributed by atoms with Crippen molar-refractivity contribution in [1.29, 1.82) is 0 Å². The lowest BCUT2D eigenvalue weighted by Crippen LogP contribution is -2.53. The molecule has 1 saturated carbocycles. The molecule has 1 aliphatic rings. The largest absolute Gasteiger partial charge is 0.336 e.